The van der Waals surface area contributed by atoms with E-state index in [0.717, 1.165) is 0 Å². The quantitative estimate of drug-likeness (QED) is 0.627. The van der Waals surface area contributed by atoms with Crippen molar-refractivity contribution < 1.29 is 18.9 Å². The summed E-state index contributed by atoms with van der Waals surface area (Å²) in [5.41, 5.74) is 0. The third-order valence-corrected chi connectivity index (χ3v) is 2.16. The van der Waals surface area contributed by atoms with Crippen LogP contribution >= 0.6 is 0 Å². The maximum Gasteiger partial charge on any atom is 0.171 e. The van der Waals surface area contributed by atoms with Gasteiger partial charge in [0.05, 0.1) is 5.92 Å². The number of rotatable bonds is 2. The third-order valence-electron chi connectivity index (χ3n) is 2.16. The van der Waals surface area contributed by atoms with Gasteiger partial charge >= 0.3 is 0 Å². The molecule has 2 heterocycles. The molecule has 0 saturated carbocycles. The minimum Gasteiger partial charge on any atom is -0.323 e. The minimum atomic E-state index is -0.155. The smallest absolute Gasteiger partial charge is 0.171 e. The molecule has 4 heteroatoms. The van der Waals surface area contributed by atoms with E-state index in [-0.39, 0.29) is 31.1 Å². The first-order chi connectivity index (χ1) is 5.66. The second-order valence-corrected chi connectivity index (χ2v) is 3.28. The lowest BCUT2D eigenvalue weighted by Crippen LogP contribution is -2.53. The van der Waals surface area contributed by atoms with Gasteiger partial charge in [-0.1, -0.05) is 6.92 Å². The molecule has 2 fully saturated rings. The molecule has 2 rings (SSSR count). The van der Waals surface area contributed by atoms with E-state index in [1.807, 2.05) is 20.8 Å². The number of hydrogen-bond acceptors (Lipinski definition) is 4. The van der Waals surface area contributed by atoms with Crippen molar-refractivity contribution in [1.29, 1.82) is 0 Å². The molecule has 0 spiro atoms. The summed E-state index contributed by atoms with van der Waals surface area (Å²) in [6, 6.07) is 0. The predicted molar refractivity (Wildman–Crippen MR) is 40.0 cm³/mol. The van der Waals surface area contributed by atoms with Crippen LogP contribution in [0.2, 0.25) is 0 Å². The first kappa shape index (κ1) is 8.44. The van der Waals surface area contributed by atoms with E-state index < -0.39 is 0 Å². The molecule has 0 radical (unpaired) electrons. The molecule has 0 aromatic carbocycles. The highest BCUT2D eigenvalue weighted by molar-refractivity contribution is 4.71. The summed E-state index contributed by atoms with van der Waals surface area (Å²) in [5.74, 6) is 0.150. The zero-order valence-electron chi connectivity index (χ0n) is 7.52. The molecule has 0 aliphatic carbocycles. The summed E-state index contributed by atoms with van der Waals surface area (Å²) < 4.78 is 21.2. The van der Waals surface area contributed by atoms with Gasteiger partial charge in [0, 0.05) is 0 Å². The van der Waals surface area contributed by atoms with Crippen LogP contribution in [0, 0.1) is 5.92 Å². The lowest BCUT2D eigenvalue weighted by atomic mass is 10.1. The molecule has 2 aliphatic heterocycles. The Morgan fingerprint density at radius 2 is 1.17 bits per heavy atom. The van der Waals surface area contributed by atoms with E-state index in [1.54, 1.807) is 0 Å². The Bertz CT molecular complexity index is 142. The van der Waals surface area contributed by atoms with Crippen LogP contribution in [0.3, 0.4) is 0 Å². The number of ether oxygens (including phenoxy) is 4. The molecule has 0 bridgehead atoms. The topological polar surface area (TPSA) is 36.9 Å². The maximum absolute atomic E-state index is 5.31. The molecular weight excluding hydrogens is 160 g/mol. The van der Waals surface area contributed by atoms with Crippen molar-refractivity contribution in [3.63, 3.8) is 0 Å². The Kier molecular flexibility index (Phi) is 2.08. The van der Waals surface area contributed by atoms with Crippen LogP contribution in [0.5, 0.6) is 0 Å². The zero-order chi connectivity index (χ0) is 8.72. The summed E-state index contributed by atoms with van der Waals surface area (Å²) in [5, 5.41) is 0. The van der Waals surface area contributed by atoms with Gasteiger partial charge < -0.3 is 18.9 Å². The van der Waals surface area contributed by atoms with Crippen molar-refractivity contribution in [1.82, 2.24) is 0 Å². The average molecular weight is 174 g/mol. The molecule has 70 valence electrons. The van der Waals surface area contributed by atoms with Gasteiger partial charge in [-0.2, -0.15) is 0 Å². The van der Waals surface area contributed by atoms with Crippen molar-refractivity contribution in [3.8, 4) is 0 Å². The van der Waals surface area contributed by atoms with Crippen LogP contribution in [-0.2, 0) is 18.9 Å². The summed E-state index contributed by atoms with van der Waals surface area (Å²) >= 11 is 0. The molecular formula is C8H14O4. The fourth-order valence-corrected chi connectivity index (χ4v) is 1.40. The van der Waals surface area contributed by atoms with Crippen molar-refractivity contribution in [3.05, 3.63) is 0 Å². The highest BCUT2D eigenvalue weighted by atomic mass is 16.9. The lowest BCUT2D eigenvalue weighted by molar-refractivity contribution is -0.450. The van der Waals surface area contributed by atoms with E-state index in [0.29, 0.717) is 0 Å². The second kappa shape index (κ2) is 2.96. The van der Waals surface area contributed by atoms with E-state index >= 15 is 0 Å². The van der Waals surface area contributed by atoms with E-state index in [2.05, 4.69) is 0 Å². The van der Waals surface area contributed by atoms with Gasteiger partial charge in [0.2, 0.25) is 0 Å². The fraction of sp³-hybridized carbons (Fsp3) is 1.00. The van der Waals surface area contributed by atoms with Crippen LogP contribution in [0.4, 0.5) is 0 Å². The first-order valence-corrected chi connectivity index (χ1v) is 4.28. The molecule has 4 nitrogen and oxygen atoms in total. The highest BCUT2D eigenvalue weighted by Gasteiger charge is 2.42. The SMILES string of the molecule is CC1OC(C(C)C2OC(C)O2)O1. The molecule has 0 atom stereocenters. The first-order valence-electron chi connectivity index (χ1n) is 4.28. The Morgan fingerprint density at radius 1 is 0.833 bits per heavy atom. The summed E-state index contributed by atoms with van der Waals surface area (Å²) in [6.45, 7) is 5.73. The fourth-order valence-electron chi connectivity index (χ4n) is 1.40. The summed E-state index contributed by atoms with van der Waals surface area (Å²) in [6.07, 6.45) is -0.458. The predicted octanol–water partition coefficient (Wildman–Crippen LogP) is 1.06. The summed E-state index contributed by atoms with van der Waals surface area (Å²) in [4.78, 5) is 0. The van der Waals surface area contributed by atoms with Crippen LogP contribution in [-0.4, -0.2) is 25.2 Å². The molecule has 0 unspecified atom stereocenters. The van der Waals surface area contributed by atoms with E-state index in [4.69, 9.17) is 18.9 Å². The van der Waals surface area contributed by atoms with Gasteiger partial charge in [0.1, 0.15) is 0 Å². The standard InChI is InChI=1S/C8H14O4/c1-4(7-9-5(2)10-7)8-11-6(3)12-8/h4-8H,1-3H3. The van der Waals surface area contributed by atoms with Crippen LogP contribution in [0.1, 0.15) is 20.8 Å². The van der Waals surface area contributed by atoms with Crippen molar-refractivity contribution in [2.75, 3.05) is 0 Å². The zero-order valence-corrected chi connectivity index (χ0v) is 7.52. The normalized spacial score (nSPS) is 49.2. The molecule has 0 aromatic heterocycles. The second-order valence-electron chi connectivity index (χ2n) is 3.28. The summed E-state index contributed by atoms with van der Waals surface area (Å²) in [7, 11) is 0. The molecule has 0 aromatic rings. The Balaban J connectivity index is 1.74. The molecule has 2 aliphatic rings. The van der Waals surface area contributed by atoms with E-state index in [1.165, 1.54) is 0 Å². The van der Waals surface area contributed by atoms with Gasteiger partial charge in [-0.05, 0) is 13.8 Å². The van der Waals surface area contributed by atoms with E-state index in [9.17, 15) is 0 Å². The molecule has 2 saturated heterocycles. The molecule has 0 amide bonds. The van der Waals surface area contributed by atoms with Gasteiger partial charge in [0.25, 0.3) is 0 Å². The minimum absolute atomic E-state index is 0.0741. The number of hydrogen-bond donors (Lipinski definition) is 0. The van der Waals surface area contributed by atoms with Crippen molar-refractivity contribution in [2.45, 2.75) is 45.9 Å². The maximum atomic E-state index is 5.31. The van der Waals surface area contributed by atoms with Crippen LogP contribution in [0.25, 0.3) is 0 Å². The molecule has 0 N–H and O–H groups in total. The monoisotopic (exact) mass is 174 g/mol. The van der Waals surface area contributed by atoms with Crippen molar-refractivity contribution in [2.24, 2.45) is 5.92 Å². The largest absolute Gasteiger partial charge is 0.323 e. The third kappa shape index (κ3) is 1.35. The van der Waals surface area contributed by atoms with Gasteiger partial charge in [0.15, 0.2) is 25.2 Å². The highest BCUT2D eigenvalue weighted by Crippen LogP contribution is 2.31. The van der Waals surface area contributed by atoms with Gasteiger partial charge in [-0.3, -0.25) is 0 Å². The Morgan fingerprint density at radius 3 is 1.42 bits per heavy atom. The molecule has 12 heavy (non-hydrogen) atoms. The van der Waals surface area contributed by atoms with Gasteiger partial charge in [-0.25, -0.2) is 0 Å². The van der Waals surface area contributed by atoms with Crippen LogP contribution in [0.15, 0.2) is 0 Å². The Labute approximate surface area is 71.7 Å². The Hall–Kier alpha value is -0.160. The lowest BCUT2D eigenvalue weighted by Gasteiger charge is -2.44. The average Bonchev–Trinajstić information content (AvgIpc) is 1.91. The van der Waals surface area contributed by atoms with Crippen LogP contribution < -0.4 is 0 Å². The van der Waals surface area contributed by atoms with Crippen molar-refractivity contribution >= 4 is 0 Å². The van der Waals surface area contributed by atoms with Gasteiger partial charge in [-0.15, -0.1) is 0 Å².